The molecule has 0 aliphatic rings. The van der Waals surface area contributed by atoms with Crippen LogP contribution in [0.15, 0.2) is 52.3 Å². The van der Waals surface area contributed by atoms with Crippen LogP contribution in [-0.2, 0) is 0 Å². The minimum Gasteiger partial charge on any atom is -0.354 e. The van der Waals surface area contributed by atoms with Crippen LogP contribution in [0, 0.1) is 11.3 Å². The zero-order chi connectivity index (χ0) is 13.7. The molecule has 0 radical (unpaired) electrons. The number of hydrogen-bond acceptors (Lipinski definition) is 4. The van der Waals surface area contributed by atoms with Crippen LogP contribution in [0.5, 0.6) is 0 Å². The Hall–Kier alpha value is -1.57. The molecule has 0 fully saturated rings. The van der Waals surface area contributed by atoms with Gasteiger partial charge in [0.25, 0.3) is 0 Å². The second-order valence-electron chi connectivity index (χ2n) is 3.85. The summed E-state index contributed by atoms with van der Waals surface area (Å²) in [6.07, 6.45) is 4.03. The van der Waals surface area contributed by atoms with Crippen molar-refractivity contribution in [3.8, 4) is 6.07 Å². The van der Waals surface area contributed by atoms with Gasteiger partial charge in [0, 0.05) is 15.5 Å². The molecule has 0 bridgehead atoms. The molecular weight excluding hydrogens is 272 g/mol. The van der Waals surface area contributed by atoms with Gasteiger partial charge in [0.1, 0.15) is 6.07 Å². The Morgan fingerprint density at radius 3 is 2.32 bits per heavy atom. The van der Waals surface area contributed by atoms with Crippen molar-refractivity contribution in [3.63, 3.8) is 0 Å². The number of nitrogens with one attached hydrogen (secondary N) is 1. The molecule has 0 atom stereocenters. The Labute approximate surface area is 122 Å². The molecule has 0 aromatic heterocycles. The zero-order valence-electron chi connectivity index (χ0n) is 10.8. The number of benzene rings is 2. The molecule has 0 heterocycles. The van der Waals surface area contributed by atoms with Gasteiger partial charge in [0.05, 0.1) is 11.3 Å². The molecule has 1 N–H and O–H groups in total. The van der Waals surface area contributed by atoms with Crippen LogP contribution in [0.2, 0.25) is 0 Å². The molecule has 0 aliphatic carbocycles. The Balaban J connectivity index is 2.30. The summed E-state index contributed by atoms with van der Waals surface area (Å²) in [5.74, 6) is 0. The first-order valence-corrected chi connectivity index (χ1v) is 8.21. The van der Waals surface area contributed by atoms with E-state index in [9.17, 15) is 5.26 Å². The number of thioether (sulfide) groups is 2. The van der Waals surface area contributed by atoms with Crippen LogP contribution in [0.4, 0.5) is 11.4 Å². The molecule has 4 heteroatoms. The Bertz CT molecular complexity index is 601. The molecule has 19 heavy (non-hydrogen) atoms. The number of rotatable bonds is 4. The second kappa shape index (κ2) is 6.55. The molecule has 2 nitrogen and oxygen atoms in total. The summed E-state index contributed by atoms with van der Waals surface area (Å²) >= 11 is 3.30. The summed E-state index contributed by atoms with van der Waals surface area (Å²) in [7, 11) is 0. The predicted molar refractivity (Wildman–Crippen MR) is 84.4 cm³/mol. The summed E-state index contributed by atoms with van der Waals surface area (Å²) in [6.45, 7) is 0. The maximum absolute atomic E-state index is 9.28. The molecule has 0 spiro atoms. The molecule has 2 aromatic carbocycles. The predicted octanol–water partition coefficient (Wildman–Crippen LogP) is 4.75. The van der Waals surface area contributed by atoms with E-state index in [-0.39, 0.29) is 0 Å². The van der Waals surface area contributed by atoms with Crippen molar-refractivity contribution in [1.29, 1.82) is 5.26 Å². The maximum Gasteiger partial charge on any atom is 0.103 e. The van der Waals surface area contributed by atoms with Gasteiger partial charge in [0.2, 0.25) is 0 Å². The minimum atomic E-state index is 0.698. The van der Waals surface area contributed by atoms with Gasteiger partial charge in [-0.3, -0.25) is 0 Å². The fourth-order valence-electron chi connectivity index (χ4n) is 1.75. The highest BCUT2D eigenvalue weighted by Gasteiger charge is 2.07. The fourth-order valence-corrected chi connectivity index (χ4v) is 2.73. The van der Waals surface area contributed by atoms with Gasteiger partial charge in [-0.2, -0.15) is 5.26 Å². The fraction of sp³-hybridized carbons (Fsp3) is 0.133. The molecular formula is C15H14N2S2. The van der Waals surface area contributed by atoms with Crippen molar-refractivity contribution < 1.29 is 0 Å². The van der Waals surface area contributed by atoms with Gasteiger partial charge >= 0.3 is 0 Å². The number of hydrogen-bond donors (Lipinski definition) is 1. The molecule has 0 saturated heterocycles. The third-order valence-electron chi connectivity index (χ3n) is 2.73. The van der Waals surface area contributed by atoms with E-state index in [0.29, 0.717) is 5.56 Å². The Morgan fingerprint density at radius 2 is 1.74 bits per heavy atom. The van der Waals surface area contributed by atoms with E-state index < -0.39 is 0 Å². The summed E-state index contributed by atoms with van der Waals surface area (Å²) in [4.78, 5) is 2.22. The third kappa shape index (κ3) is 3.25. The normalized spacial score (nSPS) is 9.95. The first kappa shape index (κ1) is 13.9. The van der Waals surface area contributed by atoms with Gasteiger partial charge in [-0.25, -0.2) is 0 Å². The van der Waals surface area contributed by atoms with Crippen molar-refractivity contribution in [3.05, 3.63) is 48.0 Å². The highest BCUT2D eigenvalue weighted by atomic mass is 32.2. The number of nitriles is 1. The summed E-state index contributed by atoms with van der Waals surface area (Å²) in [5, 5.41) is 12.6. The van der Waals surface area contributed by atoms with Crippen LogP contribution >= 0.6 is 23.5 Å². The lowest BCUT2D eigenvalue weighted by Gasteiger charge is -2.10. The first-order valence-electron chi connectivity index (χ1n) is 5.76. The van der Waals surface area contributed by atoms with Crippen molar-refractivity contribution in [2.24, 2.45) is 0 Å². The van der Waals surface area contributed by atoms with Crippen molar-refractivity contribution in [1.82, 2.24) is 0 Å². The second-order valence-corrected chi connectivity index (χ2v) is 5.58. The zero-order valence-corrected chi connectivity index (χ0v) is 12.4. The summed E-state index contributed by atoms with van der Waals surface area (Å²) < 4.78 is 0. The highest BCUT2D eigenvalue weighted by molar-refractivity contribution is 7.98. The SMILES string of the molecule is CSc1ccc(Nc2cccc(SC)c2C#N)cc1. The van der Waals surface area contributed by atoms with E-state index in [0.717, 1.165) is 16.3 Å². The van der Waals surface area contributed by atoms with Gasteiger partial charge < -0.3 is 5.32 Å². The highest BCUT2D eigenvalue weighted by Crippen LogP contribution is 2.29. The van der Waals surface area contributed by atoms with E-state index >= 15 is 0 Å². The molecule has 0 unspecified atom stereocenters. The van der Waals surface area contributed by atoms with Crippen molar-refractivity contribution in [2.75, 3.05) is 17.8 Å². The third-order valence-corrected chi connectivity index (χ3v) is 4.25. The van der Waals surface area contributed by atoms with E-state index in [1.165, 1.54) is 4.90 Å². The van der Waals surface area contributed by atoms with Gasteiger partial charge in [-0.1, -0.05) is 6.07 Å². The van der Waals surface area contributed by atoms with Gasteiger partial charge in [-0.05, 0) is 48.9 Å². The molecule has 0 saturated carbocycles. The molecule has 0 aliphatic heterocycles. The van der Waals surface area contributed by atoms with E-state index in [2.05, 4.69) is 29.8 Å². The minimum absolute atomic E-state index is 0.698. The maximum atomic E-state index is 9.28. The van der Waals surface area contributed by atoms with E-state index in [4.69, 9.17) is 0 Å². The molecule has 0 amide bonds. The van der Waals surface area contributed by atoms with Crippen molar-refractivity contribution >= 4 is 34.9 Å². The average molecular weight is 286 g/mol. The van der Waals surface area contributed by atoms with Crippen LogP contribution in [-0.4, -0.2) is 12.5 Å². The molecule has 2 aromatic rings. The smallest absolute Gasteiger partial charge is 0.103 e. The first-order chi connectivity index (χ1) is 9.28. The quantitative estimate of drug-likeness (QED) is 0.823. The average Bonchev–Trinajstić information content (AvgIpc) is 2.47. The van der Waals surface area contributed by atoms with E-state index in [1.807, 2.05) is 36.6 Å². The lowest BCUT2D eigenvalue weighted by Crippen LogP contribution is -1.94. The lowest BCUT2D eigenvalue weighted by atomic mass is 10.2. The Morgan fingerprint density at radius 1 is 1.00 bits per heavy atom. The van der Waals surface area contributed by atoms with Gasteiger partial charge in [-0.15, -0.1) is 23.5 Å². The number of anilines is 2. The largest absolute Gasteiger partial charge is 0.354 e. The molecule has 96 valence electrons. The van der Waals surface area contributed by atoms with Gasteiger partial charge in [0.15, 0.2) is 0 Å². The summed E-state index contributed by atoms with van der Waals surface area (Å²) in [5.41, 5.74) is 2.54. The van der Waals surface area contributed by atoms with Crippen molar-refractivity contribution in [2.45, 2.75) is 9.79 Å². The van der Waals surface area contributed by atoms with Crippen LogP contribution < -0.4 is 5.32 Å². The molecule has 2 rings (SSSR count). The number of nitrogens with zero attached hydrogens (tertiary/aromatic N) is 1. The monoisotopic (exact) mass is 286 g/mol. The Kier molecular flexibility index (Phi) is 4.78. The summed E-state index contributed by atoms with van der Waals surface area (Å²) in [6, 6.07) is 16.3. The topological polar surface area (TPSA) is 35.8 Å². The van der Waals surface area contributed by atoms with Crippen LogP contribution in [0.25, 0.3) is 0 Å². The van der Waals surface area contributed by atoms with Crippen LogP contribution in [0.3, 0.4) is 0 Å². The van der Waals surface area contributed by atoms with Crippen LogP contribution in [0.1, 0.15) is 5.56 Å². The lowest BCUT2D eigenvalue weighted by molar-refractivity contribution is 1.35. The van der Waals surface area contributed by atoms with E-state index in [1.54, 1.807) is 23.5 Å². The standard InChI is InChI=1S/C15H14N2S2/c1-18-12-8-6-11(7-9-12)17-14-4-3-5-15(19-2)13(14)10-16/h3-9,17H,1-2H3.